The van der Waals surface area contributed by atoms with Crippen LogP contribution in [0.3, 0.4) is 0 Å². The largest absolute Gasteiger partial charge is 0.294 e. The van der Waals surface area contributed by atoms with Crippen molar-refractivity contribution < 1.29 is 13.0 Å². The molecule has 1 heterocycles. The van der Waals surface area contributed by atoms with Gasteiger partial charge < -0.3 is 0 Å². The molecule has 0 unspecified atom stereocenters. The van der Waals surface area contributed by atoms with Crippen LogP contribution in [-0.4, -0.2) is 23.7 Å². The van der Waals surface area contributed by atoms with Crippen molar-refractivity contribution >= 4 is 43.1 Å². The summed E-state index contributed by atoms with van der Waals surface area (Å²) in [6.45, 7) is 0. The second-order valence-corrected chi connectivity index (χ2v) is 7.42. The second-order valence-electron chi connectivity index (χ2n) is 4.97. The monoisotopic (exact) mass is 383 g/mol. The first-order chi connectivity index (χ1) is 12.4. The SMILES string of the molecule is N#CC(C#N)=NNc1ccc(S(=O)(=O)O)cc1-c1nc2ccccc2s1. The molecule has 0 amide bonds. The number of fused-ring (bicyclic) bond motifs is 1. The third kappa shape index (κ3) is 3.53. The van der Waals surface area contributed by atoms with Gasteiger partial charge in [-0.25, -0.2) is 4.98 Å². The fourth-order valence-electron chi connectivity index (χ4n) is 2.14. The Bertz CT molecular complexity index is 1170. The number of nitriles is 2. The molecule has 2 N–H and O–H groups in total. The predicted octanol–water partition coefficient (Wildman–Crippen LogP) is 3.03. The van der Waals surface area contributed by atoms with Crippen LogP contribution in [0.2, 0.25) is 0 Å². The standard InChI is InChI=1S/C16H9N5O3S2/c17-8-10(9-18)20-21-13-6-5-11(26(22,23)24)7-12(13)16-19-14-3-1-2-4-15(14)25-16/h1-7,21H,(H,22,23,24). The van der Waals surface area contributed by atoms with Gasteiger partial charge in [-0.3, -0.25) is 9.98 Å². The number of nitrogens with one attached hydrogen (secondary N) is 1. The summed E-state index contributed by atoms with van der Waals surface area (Å²) < 4.78 is 33.1. The van der Waals surface area contributed by atoms with Crippen molar-refractivity contribution in [2.45, 2.75) is 4.90 Å². The molecule has 26 heavy (non-hydrogen) atoms. The number of nitrogens with zero attached hydrogens (tertiary/aromatic N) is 4. The molecule has 2 aromatic carbocycles. The third-order valence-electron chi connectivity index (χ3n) is 3.31. The van der Waals surface area contributed by atoms with Gasteiger partial charge in [-0.1, -0.05) is 12.1 Å². The maximum Gasteiger partial charge on any atom is 0.294 e. The summed E-state index contributed by atoms with van der Waals surface area (Å²) >= 11 is 1.32. The van der Waals surface area contributed by atoms with Gasteiger partial charge in [-0.2, -0.15) is 24.0 Å². The van der Waals surface area contributed by atoms with E-state index in [9.17, 15) is 13.0 Å². The van der Waals surface area contributed by atoms with Gasteiger partial charge in [0.15, 0.2) is 0 Å². The van der Waals surface area contributed by atoms with Gasteiger partial charge in [-0.05, 0) is 30.3 Å². The Balaban J connectivity index is 2.17. The lowest BCUT2D eigenvalue weighted by Gasteiger charge is -2.08. The first-order valence-electron chi connectivity index (χ1n) is 7.04. The van der Waals surface area contributed by atoms with Crippen molar-refractivity contribution in [3.05, 3.63) is 42.5 Å². The fraction of sp³-hybridized carbons (Fsp3) is 0. The van der Waals surface area contributed by atoms with E-state index in [4.69, 9.17) is 10.5 Å². The summed E-state index contributed by atoms with van der Waals surface area (Å²) in [5.41, 5.74) is 3.60. The Morgan fingerprint density at radius 1 is 1.19 bits per heavy atom. The number of benzene rings is 2. The molecule has 8 nitrogen and oxygen atoms in total. The van der Waals surface area contributed by atoms with Gasteiger partial charge in [0.25, 0.3) is 10.1 Å². The summed E-state index contributed by atoms with van der Waals surface area (Å²) in [5, 5.41) is 21.7. The minimum atomic E-state index is -4.41. The molecule has 0 aliphatic rings. The van der Waals surface area contributed by atoms with Crippen molar-refractivity contribution in [2.24, 2.45) is 5.10 Å². The summed E-state index contributed by atoms with van der Waals surface area (Å²) in [6.07, 6.45) is 0. The second kappa shape index (κ2) is 6.90. The van der Waals surface area contributed by atoms with Crippen LogP contribution in [0.15, 0.2) is 52.5 Å². The van der Waals surface area contributed by atoms with E-state index in [0.717, 1.165) is 10.2 Å². The number of thiazole rings is 1. The number of para-hydroxylation sites is 1. The van der Waals surface area contributed by atoms with E-state index < -0.39 is 10.1 Å². The Morgan fingerprint density at radius 2 is 1.92 bits per heavy atom. The summed E-state index contributed by atoms with van der Waals surface area (Å²) in [4.78, 5) is 4.15. The fourth-order valence-corrected chi connectivity index (χ4v) is 3.64. The van der Waals surface area contributed by atoms with E-state index in [0.29, 0.717) is 16.3 Å². The van der Waals surface area contributed by atoms with Gasteiger partial charge in [-0.15, -0.1) is 11.3 Å². The van der Waals surface area contributed by atoms with Crippen molar-refractivity contribution in [3.63, 3.8) is 0 Å². The highest BCUT2D eigenvalue weighted by atomic mass is 32.2. The highest BCUT2D eigenvalue weighted by Gasteiger charge is 2.16. The van der Waals surface area contributed by atoms with Crippen molar-refractivity contribution in [1.29, 1.82) is 10.5 Å². The summed E-state index contributed by atoms with van der Waals surface area (Å²) in [6, 6.07) is 14.4. The van der Waals surface area contributed by atoms with Crippen LogP contribution in [0.25, 0.3) is 20.8 Å². The Hall–Kier alpha value is -3.31. The number of rotatable bonds is 4. The predicted molar refractivity (Wildman–Crippen MR) is 97.2 cm³/mol. The minimum absolute atomic E-state index is 0.304. The van der Waals surface area contributed by atoms with E-state index >= 15 is 0 Å². The van der Waals surface area contributed by atoms with Crippen molar-refractivity contribution in [1.82, 2.24) is 4.98 Å². The van der Waals surface area contributed by atoms with Crippen LogP contribution >= 0.6 is 11.3 Å². The maximum atomic E-state index is 11.5. The topological polar surface area (TPSA) is 139 Å². The zero-order valence-corrected chi connectivity index (χ0v) is 14.5. The Labute approximate surface area is 152 Å². The van der Waals surface area contributed by atoms with E-state index in [2.05, 4.69) is 15.5 Å². The molecule has 0 saturated heterocycles. The van der Waals surface area contributed by atoms with Gasteiger partial charge in [0.05, 0.1) is 20.8 Å². The number of hydrazone groups is 1. The molecule has 10 heteroatoms. The molecular weight excluding hydrogens is 374 g/mol. The average Bonchev–Trinajstić information content (AvgIpc) is 3.05. The van der Waals surface area contributed by atoms with E-state index in [-0.39, 0.29) is 10.6 Å². The molecule has 0 atom stereocenters. The lowest BCUT2D eigenvalue weighted by Crippen LogP contribution is -2.01. The van der Waals surface area contributed by atoms with Crippen LogP contribution in [0.4, 0.5) is 5.69 Å². The number of aromatic nitrogens is 1. The van der Waals surface area contributed by atoms with Gasteiger partial charge in [0, 0.05) is 5.56 Å². The molecule has 0 aliphatic carbocycles. The first-order valence-corrected chi connectivity index (χ1v) is 9.29. The Kier molecular flexibility index (Phi) is 4.65. The molecular formula is C16H9N5O3S2. The first kappa shape index (κ1) is 17.5. The van der Waals surface area contributed by atoms with Crippen LogP contribution in [0.5, 0.6) is 0 Å². The number of hydrogen-bond donors (Lipinski definition) is 2. The number of anilines is 1. The summed E-state index contributed by atoms with van der Waals surface area (Å²) in [7, 11) is -4.41. The lowest BCUT2D eigenvalue weighted by molar-refractivity contribution is 0.483. The quantitative estimate of drug-likeness (QED) is 0.401. The van der Waals surface area contributed by atoms with Crippen LogP contribution in [0.1, 0.15) is 0 Å². The Morgan fingerprint density at radius 3 is 2.58 bits per heavy atom. The van der Waals surface area contributed by atoms with Crippen LogP contribution in [-0.2, 0) is 10.1 Å². The highest BCUT2D eigenvalue weighted by molar-refractivity contribution is 7.85. The van der Waals surface area contributed by atoms with E-state index in [1.807, 2.05) is 24.3 Å². The van der Waals surface area contributed by atoms with Crippen molar-refractivity contribution in [2.75, 3.05) is 5.43 Å². The van der Waals surface area contributed by atoms with E-state index in [1.54, 1.807) is 12.1 Å². The number of hydrogen-bond acceptors (Lipinski definition) is 8. The highest BCUT2D eigenvalue weighted by Crippen LogP contribution is 2.36. The molecule has 0 fully saturated rings. The van der Waals surface area contributed by atoms with Gasteiger partial charge in [0.1, 0.15) is 17.1 Å². The summed E-state index contributed by atoms with van der Waals surface area (Å²) in [5.74, 6) is 0. The average molecular weight is 383 g/mol. The smallest absolute Gasteiger partial charge is 0.282 e. The van der Waals surface area contributed by atoms with E-state index in [1.165, 1.54) is 29.5 Å². The lowest BCUT2D eigenvalue weighted by atomic mass is 10.2. The molecule has 3 aromatic rings. The zero-order chi connectivity index (χ0) is 18.7. The maximum absolute atomic E-state index is 11.5. The molecule has 128 valence electrons. The molecule has 0 radical (unpaired) electrons. The van der Waals surface area contributed by atoms with Gasteiger partial charge in [0.2, 0.25) is 5.71 Å². The molecule has 1 aromatic heterocycles. The van der Waals surface area contributed by atoms with Gasteiger partial charge >= 0.3 is 0 Å². The zero-order valence-electron chi connectivity index (χ0n) is 12.9. The molecule has 0 aliphatic heterocycles. The molecule has 0 saturated carbocycles. The molecule has 0 bridgehead atoms. The third-order valence-corrected chi connectivity index (χ3v) is 5.23. The molecule has 0 spiro atoms. The van der Waals surface area contributed by atoms with Crippen LogP contribution < -0.4 is 5.43 Å². The normalized spacial score (nSPS) is 10.7. The minimum Gasteiger partial charge on any atom is -0.282 e. The van der Waals surface area contributed by atoms with Crippen molar-refractivity contribution in [3.8, 4) is 22.7 Å². The van der Waals surface area contributed by atoms with Crippen LogP contribution in [0, 0.1) is 22.7 Å². The molecule has 3 rings (SSSR count).